The molecule has 3 nitrogen and oxygen atoms in total. The van der Waals surface area contributed by atoms with Gasteiger partial charge in [0.05, 0.1) is 0 Å². The zero-order chi connectivity index (χ0) is 16.7. The van der Waals surface area contributed by atoms with Gasteiger partial charge >= 0.3 is 0 Å². The molecule has 0 saturated carbocycles. The van der Waals surface area contributed by atoms with Crippen LogP contribution in [0.2, 0.25) is 0 Å². The summed E-state index contributed by atoms with van der Waals surface area (Å²) in [7, 11) is 2.29. The zero-order valence-corrected chi connectivity index (χ0v) is 15.4. The molecule has 0 spiro atoms. The highest BCUT2D eigenvalue weighted by Gasteiger charge is 2.38. The number of likely N-dealkylation sites (N-methyl/N-ethyl adjacent to an activating group) is 1. The molecule has 130 valence electrons. The fourth-order valence-corrected chi connectivity index (χ4v) is 5.18. The number of fused-ring (bicyclic) bond motifs is 4. The molecule has 1 aromatic carbocycles. The first kappa shape index (κ1) is 16.2. The molecular weight excluding hydrogens is 294 g/mol. The summed E-state index contributed by atoms with van der Waals surface area (Å²) in [5.41, 5.74) is 4.62. The van der Waals surface area contributed by atoms with Crippen LogP contribution >= 0.6 is 0 Å². The monoisotopic (exact) mass is 325 g/mol. The van der Waals surface area contributed by atoms with E-state index in [1.54, 1.807) is 11.3 Å². The average Bonchev–Trinajstić information content (AvgIpc) is 2.89. The normalized spacial score (nSPS) is 27.7. The SMILES string of the molecule is CCNC(C)Cc1c(C2CN3CCC2CC3)n(C)c2ccccc12. The molecular formula is C21H31N3. The lowest BCUT2D eigenvalue weighted by Gasteiger charge is -2.45. The molecule has 5 rings (SSSR count). The predicted molar refractivity (Wildman–Crippen MR) is 102 cm³/mol. The van der Waals surface area contributed by atoms with E-state index in [0.717, 1.165) is 18.9 Å². The number of piperidine rings is 3. The minimum atomic E-state index is 0.528. The number of rotatable bonds is 5. The van der Waals surface area contributed by atoms with Gasteiger partial charge in [-0.15, -0.1) is 0 Å². The van der Waals surface area contributed by atoms with E-state index in [1.807, 2.05) is 0 Å². The number of hydrogen-bond acceptors (Lipinski definition) is 2. The molecule has 3 fully saturated rings. The zero-order valence-electron chi connectivity index (χ0n) is 15.4. The number of nitrogens with zero attached hydrogens (tertiary/aromatic N) is 2. The van der Waals surface area contributed by atoms with Crippen molar-refractivity contribution >= 4 is 10.9 Å². The van der Waals surface area contributed by atoms with Gasteiger partial charge in [0.2, 0.25) is 0 Å². The lowest BCUT2D eigenvalue weighted by atomic mass is 9.76. The summed E-state index contributed by atoms with van der Waals surface area (Å²) < 4.78 is 2.51. The van der Waals surface area contributed by atoms with Gasteiger partial charge < -0.3 is 14.8 Å². The molecule has 2 bridgehead atoms. The number of para-hydroxylation sites is 1. The Kier molecular flexibility index (Phi) is 4.40. The second-order valence-corrected chi connectivity index (χ2v) is 7.85. The van der Waals surface area contributed by atoms with Crippen LogP contribution in [0.25, 0.3) is 10.9 Å². The molecule has 2 aromatic rings. The fourth-order valence-electron chi connectivity index (χ4n) is 5.18. The molecule has 3 heteroatoms. The van der Waals surface area contributed by atoms with Crippen LogP contribution in [0.4, 0.5) is 0 Å². The predicted octanol–water partition coefficient (Wildman–Crippen LogP) is 3.53. The van der Waals surface area contributed by atoms with Crippen molar-refractivity contribution in [2.45, 2.75) is 45.1 Å². The van der Waals surface area contributed by atoms with E-state index in [4.69, 9.17) is 0 Å². The van der Waals surface area contributed by atoms with Gasteiger partial charge in [-0.3, -0.25) is 0 Å². The van der Waals surface area contributed by atoms with Gasteiger partial charge in [0.1, 0.15) is 0 Å². The number of benzene rings is 1. The number of hydrogen-bond donors (Lipinski definition) is 1. The van der Waals surface area contributed by atoms with Gasteiger partial charge in [0.25, 0.3) is 0 Å². The first-order valence-electron chi connectivity index (χ1n) is 9.71. The summed E-state index contributed by atoms with van der Waals surface area (Å²) in [5, 5.41) is 5.08. The van der Waals surface area contributed by atoms with Crippen LogP contribution in [0.1, 0.15) is 43.9 Å². The van der Waals surface area contributed by atoms with Crippen molar-refractivity contribution in [3.63, 3.8) is 0 Å². The molecule has 0 amide bonds. The van der Waals surface area contributed by atoms with Crippen molar-refractivity contribution in [2.75, 3.05) is 26.2 Å². The molecule has 0 radical (unpaired) electrons. The molecule has 2 unspecified atom stereocenters. The van der Waals surface area contributed by atoms with Crippen molar-refractivity contribution in [1.82, 2.24) is 14.8 Å². The van der Waals surface area contributed by atoms with E-state index >= 15 is 0 Å². The topological polar surface area (TPSA) is 20.2 Å². The van der Waals surface area contributed by atoms with Crippen molar-refractivity contribution in [3.8, 4) is 0 Å². The Morgan fingerprint density at radius 1 is 1.21 bits per heavy atom. The van der Waals surface area contributed by atoms with E-state index < -0.39 is 0 Å². The van der Waals surface area contributed by atoms with E-state index in [9.17, 15) is 0 Å². The lowest BCUT2D eigenvalue weighted by molar-refractivity contribution is 0.0840. The van der Waals surface area contributed by atoms with Crippen LogP contribution < -0.4 is 5.32 Å². The van der Waals surface area contributed by atoms with Gasteiger partial charge in [-0.25, -0.2) is 0 Å². The Bertz CT molecular complexity index is 709. The minimum absolute atomic E-state index is 0.528. The third-order valence-electron chi connectivity index (χ3n) is 6.33. The number of aromatic nitrogens is 1. The average molecular weight is 326 g/mol. The van der Waals surface area contributed by atoms with Crippen molar-refractivity contribution in [2.24, 2.45) is 13.0 Å². The fraction of sp³-hybridized carbons (Fsp3) is 0.619. The van der Waals surface area contributed by atoms with Gasteiger partial charge in [-0.1, -0.05) is 25.1 Å². The van der Waals surface area contributed by atoms with E-state index in [1.165, 1.54) is 43.4 Å². The van der Waals surface area contributed by atoms with Crippen molar-refractivity contribution in [1.29, 1.82) is 0 Å². The Hall–Kier alpha value is -1.32. The van der Waals surface area contributed by atoms with Gasteiger partial charge in [-0.05, 0) is 63.4 Å². The number of aryl methyl sites for hydroxylation is 1. The van der Waals surface area contributed by atoms with E-state index in [0.29, 0.717) is 12.0 Å². The summed E-state index contributed by atoms with van der Waals surface area (Å²) in [6, 6.07) is 9.53. The summed E-state index contributed by atoms with van der Waals surface area (Å²) in [6.45, 7) is 9.46. The highest BCUT2D eigenvalue weighted by molar-refractivity contribution is 5.86. The molecule has 2 atom stereocenters. The molecule has 3 saturated heterocycles. The summed E-state index contributed by atoms with van der Waals surface area (Å²) in [5.74, 6) is 1.60. The van der Waals surface area contributed by atoms with Gasteiger partial charge in [0.15, 0.2) is 0 Å². The third-order valence-corrected chi connectivity index (χ3v) is 6.33. The van der Waals surface area contributed by atoms with Crippen LogP contribution in [-0.4, -0.2) is 41.7 Å². The van der Waals surface area contributed by atoms with Crippen molar-refractivity contribution in [3.05, 3.63) is 35.5 Å². The van der Waals surface area contributed by atoms with Crippen LogP contribution in [0.15, 0.2) is 24.3 Å². The molecule has 4 heterocycles. The van der Waals surface area contributed by atoms with Crippen LogP contribution in [0.5, 0.6) is 0 Å². The minimum Gasteiger partial charge on any atom is -0.347 e. The number of nitrogens with one attached hydrogen (secondary N) is 1. The molecule has 3 aliphatic heterocycles. The summed E-state index contributed by atoms with van der Waals surface area (Å²) in [6.07, 6.45) is 3.90. The first-order valence-corrected chi connectivity index (χ1v) is 9.71. The third kappa shape index (κ3) is 2.68. The van der Waals surface area contributed by atoms with Gasteiger partial charge in [-0.2, -0.15) is 0 Å². The Labute approximate surface area is 146 Å². The lowest BCUT2D eigenvalue weighted by Crippen LogP contribution is -2.47. The van der Waals surface area contributed by atoms with Crippen LogP contribution in [0, 0.1) is 5.92 Å². The van der Waals surface area contributed by atoms with Crippen LogP contribution in [-0.2, 0) is 13.5 Å². The second kappa shape index (κ2) is 6.53. The highest BCUT2D eigenvalue weighted by atomic mass is 15.2. The maximum absolute atomic E-state index is 3.61. The first-order chi connectivity index (χ1) is 11.7. The molecule has 1 N–H and O–H groups in total. The maximum Gasteiger partial charge on any atom is 0.0482 e. The van der Waals surface area contributed by atoms with E-state index in [-0.39, 0.29) is 0 Å². The van der Waals surface area contributed by atoms with Crippen molar-refractivity contribution < 1.29 is 0 Å². The highest BCUT2D eigenvalue weighted by Crippen LogP contribution is 2.42. The Morgan fingerprint density at radius 2 is 1.96 bits per heavy atom. The quantitative estimate of drug-likeness (QED) is 0.907. The van der Waals surface area contributed by atoms with E-state index in [2.05, 4.69) is 59.9 Å². The summed E-state index contributed by atoms with van der Waals surface area (Å²) in [4.78, 5) is 2.68. The molecule has 1 aromatic heterocycles. The Balaban J connectivity index is 1.79. The van der Waals surface area contributed by atoms with Gasteiger partial charge in [0, 0.05) is 42.1 Å². The second-order valence-electron chi connectivity index (χ2n) is 7.85. The molecule has 24 heavy (non-hydrogen) atoms. The maximum atomic E-state index is 3.61. The molecule has 0 aliphatic carbocycles. The smallest absolute Gasteiger partial charge is 0.0482 e. The van der Waals surface area contributed by atoms with Crippen LogP contribution in [0.3, 0.4) is 0 Å². The Morgan fingerprint density at radius 3 is 2.62 bits per heavy atom. The largest absolute Gasteiger partial charge is 0.347 e. The summed E-state index contributed by atoms with van der Waals surface area (Å²) >= 11 is 0. The standard InChI is InChI=1S/C21H31N3/c1-4-22-15(2)13-18-17-7-5-6-8-20(17)23(3)21(18)19-14-24-11-9-16(19)10-12-24/h5-8,15-16,19,22H,4,9-14H2,1-3H3. The molecule has 3 aliphatic rings.